The van der Waals surface area contributed by atoms with E-state index >= 15 is 0 Å². The molecule has 12 heteroatoms. The molecule has 8 nitrogen and oxygen atoms in total. The Kier molecular flexibility index (Phi) is 9.05. The number of carboxylic acids is 2. The number of carboxylic acid groups (broad SMARTS) is 2. The smallest absolute Gasteiger partial charge is 0.323 e. The summed E-state index contributed by atoms with van der Waals surface area (Å²) in [6.45, 7) is -0.959. The number of nitrogens with zero attached hydrogens (tertiary/aromatic N) is 1. The first-order valence-electron chi connectivity index (χ1n) is 6.32. The topological polar surface area (TPSA) is 124 Å². The summed E-state index contributed by atoms with van der Waals surface area (Å²) >= 11 is 7.68. The van der Waals surface area contributed by atoms with Gasteiger partial charge in [0.2, 0.25) is 0 Å². The maximum atomic E-state index is 12.6. The number of halogens is 4. The summed E-state index contributed by atoms with van der Waals surface area (Å²) in [6.07, 6.45) is 0. The van der Waals surface area contributed by atoms with E-state index in [1.54, 1.807) is 0 Å². The van der Waals surface area contributed by atoms with Gasteiger partial charge < -0.3 is 20.4 Å². The first-order chi connectivity index (χ1) is 11.5. The molecule has 1 rings (SSSR count). The van der Waals surface area contributed by atoms with Crippen molar-refractivity contribution in [1.29, 1.82) is 0 Å². The van der Waals surface area contributed by atoms with Crippen molar-refractivity contribution >= 4 is 114 Å². The summed E-state index contributed by atoms with van der Waals surface area (Å²) in [5, 5.41) is 19.8. The van der Waals surface area contributed by atoms with Gasteiger partial charge in [0.25, 0.3) is 11.8 Å². The van der Waals surface area contributed by atoms with Gasteiger partial charge in [0.1, 0.15) is 13.1 Å². The molecule has 0 atom stereocenters. The van der Waals surface area contributed by atoms with Crippen LogP contribution in [0, 0.1) is 14.3 Å². The molecule has 0 bridgehead atoms. The molecule has 0 aliphatic heterocycles. The lowest BCUT2D eigenvalue weighted by atomic mass is 10.1. The average molecular weight is 798 g/mol. The molecule has 0 aromatic heterocycles. The largest absolute Gasteiger partial charge is 0.480 e. The Labute approximate surface area is 197 Å². The number of carbonyl (C=O) groups is 4. The number of aliphatic carboxylic acids is 2. The van der Waals surface area contributed by atoms with E-state index in [0.29, 0.717) is 19.8 Å². The maximum Gasteiger partial charge on any atom is 0.323 e. The van der Waals surface area contributed by atoms with Gasteiger partial charge in [-0.1, -0.05) is 0 Å². The SMILES string of the molecule is CN(CC(=O)O)C(=O)c1c(I)c(I)c(C(=O)NCC(=O)O)c(I)c1I. The van der Waals surface area contributed by atoms with Gasteiger partial charge in [0.05, 0.1) is 11.1 Å². The number of hydrogen-bond donors (Lipinski definition) is 3. The van der Waals surface area contributed by atoms with Crippen molar-refractivity contribution in [1.82, 2.24) is 10.2 Å². The Bertz CT molecular complexity index is 738. The molecule has 1 aromatic rings. The molecule has 136 valence electrons. The van der Waals surface area contributed by atoms with E-state index in [1.807, 2.05) is 90.4 Å². The zero-order valence-corrected chi connectivity index (χ0v) is 21.0. The lowest BCUT2D eigenvalue weighted by molar-refractivity contribution is -0.137. The molecule has 0 radical (unpaired) electrons. The lowest BCUT2D eigenvalue weighted by Gasteiger charge is -2.20. The van der Waals surface area contributed by atoms with Crippen molar-refractivity contribution in [3.05, 3.63) is 25.4 Å². The first kappa shape index (κ1) is 23.1. The van der Waals surface area contributed by atoms with Crippen LogP contribution in [0.5, 0.6) is 0 Å². The second kappa shape index (κ2) is 9.81. The first-order valence-corrected chi connectivity index (χ1v) is 10.6. The second-order valence-corrected chi connectivity index (χ2v) is 8.95. The summed E-state index contributed by atoms with van der Waals surface area (Å²) in [5.74, 6) is -3.31. The summed E-state index contributed by atoms with van der Waals surface area (Å²) < 4.78 is 2.01. The molecule has 3 N–H and O–H groups in total. The third-order valence-corrected chi connectivity index (χ3v) is 9.20. The van der Waals surface area contributed by atoms with Crippen molar-refractivity contribution in [3.63, 3.8) is 0 Å². The predicted molar refractivity (Wildman–Crippen MR) is 122 cm³/mol. The quantitative estimate of drug-likeness (QED) is 0.300. The van der Waals surface area contributed by atoms with Crippen LogP contribution in [0.15, 0.2) is 0 Å². The highest BCUT2D eigenvalue weighted by molar-refractivity contribution is 14.1. The fraction of sp³-hybridized carbons (Fsp3) is 0.231. The van der Waals surface area contributed by atoms with Crippen LogP contribution < -0.4 is 5.32 Å². The van der Waals surface area contributed by atoms with E-state index in [2.05, 4.69) is 5.32 Å². The Balaban J connectivity index is 3.38. The van der Waals surface area contributed by atoms with Gasteiger partial charge in [-0.15, -0.1) is 0 Å². The standard InChI is InChI=1S/C13H10I4N2O6/c1-19(3-5(22)23)13(25)7-10(16)8(14)6(9(15)11(7)17)12(24)18-2-4(20)21/h2-3H2,1H3,(H,18,24)(H,20,21)(H,22,23). The Morgan fingerprint density at radius 2 is 1.32 bits per heavy atom. The van der Waals surface area contributed by atoms with Crippen LogP contribution in [-0.2, 0) is 9.59 Å². The van der Waals surface area contributed by atoms with Gasteiger partial charge in [-0.3, -0.25) is 19.2 Å². The summed E-state index contributed by atoms with van der Waals surface area (Å²) in [6, 6.07) is 0. The third kappa shape index (κ3) is 5.75. The molecule has 1 aromatic carbocycles. The molecular weight excluding hydrogens is 788 g/mol. The molecule has 0 aliphatic carbocycles. The molecular formula is C13H10I4N2O6. The minimum Gasteiger partial charge on any atom is -0.480 e. The predicted octanol–water partition coefficient (Wildman–Crippen LogP) is 2.08. The van der Waals surface area contributed by atoms with Crippen molar-refractivity contribution < 1.29 is 29.4 Å². The summed E-state index contributed by atoms with van der Waals surface area (Å²) in [4.78, 5) is 47.4. The number of rotatable bonds is 6. The van der Waals surface area contributed by atoms with Gasteiger partial charge in [-0.25, -0.2) is 0 Å². The highest BCUT2D eigenvalue weighted by Crippen LogP contribution is 2.33. The van der Waals surface area contributed by atoms with Gasteiger partial charge in [0.15, 0.2) is 0 Å². The normalized spacial score (nSPS) is 10.3. The number of nitrogens with one attached hydrogen (secondary N) is 1. The zero-order valence-electron chi connectivity index (χ0n) is 12.4. The lowest BCUT2D eigenvalue weighted by Crippen LogP contribution is -2.34. The highest BCUT2D eigenvalue weighted by atomic mass is 127. The molecule has 0 saturated heterocycles. The van der Waals surface area contributed by atoms with Crippen molar-refractivity contribution in [3.8, 4) is 0 Å². The molecule has 0 fully saturated rings. The van der Waals surface area contributed by atoms with Crippen LogP contribution in [0.1, 0.15) is 20.7 Å². The Hall–Kier alpha value is 0.0200. The van der Waals surface area contributed by atoms with E-state index in [9.17, 15) is 19.2 Å². The van der Waals surface area contributed by atoms with Crippen LogP contribution in [-0.4, -0.2) is 59.0 Å². The molecule has 0 unspecified atom stereocenters. The van der Waals surface area contributed by atoms with E-state index in [1.165, 1.54) is 7.05 Å². The van der Waals surface area contributed by atoms with Crippen molar-refractivity contribution in [2.24, 2.45) is 0 Å². The minimum absolute atomic E-state index is 0.286. The molecule has 2 amide bonds. The van der Waals surface area contributed by atoms with Gasteiger partial charge >= 0.3 is 11.9 Å². The zero-order chi connectivity index (χ0) is 19.5. The van der Waals surface area contributed by atoms with Gasteiger partial charge in [-0.2, -0.15) is 0 Å². The fourth-order valence-corrected chi connectivity index (χ4v) is 5.87. The number of hydrogen-bond acceptors (Lipinski definition) is 4. The highest BCUT2D eigenvalue weighted by Gasteiger charge is 2.28. The number of benzene rings is 1. The van der Waals surface area contributed by atoms with Gasteiger partial charge in [-0.05, 0) is 90.4 Å². The van der Waals surface area contributed by atoms with Crippen LogP contribution in [0.4, 0.5) is 0 Å². The average Bonchev–Trinajstić information content (AvgIpc) is 2.50. The van der Waals surface area contributed by atoms with Crippen LogP contribution in [0.3, 0.4) is 0 Å². The second-order valence-electron chi connectivity index (χ2n) is 4.64. The van der Waals surface area contributed by atoms with E-state index in [-0.39, 0.29) is 5.56 Å². The van der Waals surface area contributed by atoms with Crippen molar-refractivity contribution in [2.45, 2.75) is 0 Å². The molecule has 0 saturated carbocycles. The van der Waals surface area contributed by atoms with Gasteiger partial charge in [0, 0.05) is 21.3 Å². The molecule has 0 spiro atoms. The van der Waals surface area contributed by atoms with Crippen molar-refractivity contribution in [2.75, 3.05) is 20.1 Å². The molecule has 0 aliphatic rings. The number of likely N-dealkylation sites (N-methyl/N-ethyl adjacent to an activating group) is 1. The van der Waals surface area contributed by atoms with Crippen LogP contribution in [0.2, 0.25) is 0 Å². The fourth-order valence-electron chi connectivity index (χ4n) is 1.73. The van der Waals surface area contributed by atoms with E-state index in [4.69, 9.17) is 10.2 Å². The minimum atomic E-state index is -1.16. The summed E-state index contributed by atoms with van der Waals surface area (Å²) in [7, 11) is 1.38. The Morgan fingerprint density at radius 1 is 0.880 bits per heavy atom. The maximum absolute atomic E-state index is 12.6. The molecule has 25 heavy (non-hydrogen) atoms. The van der Waals surface area contributed by atoms with Crippen LogP contribution >= 0.6 is 90.4 Å². The van der Waals surface area contributed by atoms with E-state index < -0.39 is 36.8 Å². The number of amides is 2. The molecule has 0 heterocycles. The third-order valence-electron chi connectivity index (χ3n) is 2.82. The number of carbonyl (C=O) groups excluding carboxylic acids is 2. The summed E-state index contributed by atoms with van der Waals surface area (Å²) in [5.41, 5.74) is 0.599. The monoisotopic (exact) mass is 798 g/mol. The van der Waals surface area contributed by atoms with Crippen LogP contribution in [0.25, 0.3) is 0 Å². The van der Waals surface area contributed by atoms with E-state index in [0.717, 1.165) is 4.90 Å². The Morgan fingerprint density at radius 3 is 1.72 bits per heavy atom.